The third-order valence-electron chi connectivity index (χ3n) is 6.35. The predicted molar refractivity (Wildman–Crippen MR) is 86.3 cm³/mol. The molecular formula is C17H30N2O4. The van der Waals surface area contributed by atoms with E-state index in [1.54, 1.807) is 0 Å². The molecule has 0 bridgehead atoms. The third-order valence-corrected chi connectivity index (χ3v) is 6.35. The summed E-state index contributed by atoms with van der Waals surface area (Å²) in [7, 11) is 0. The normalized spacial score (nSPS) is 30.6. The van der Waals surface area contributed by atoms with Gasteiger partial charge in [-0.2, -0.15) is 0 Å². The Labute approximate surface area is 138 Å². The molecule has 0 radical (unpaired) electrons. The highest BCUT2D eigenvalue weighted by molar-refractivity contribution is 5.69. The van der Waals surface area contributed by atoms with E-state index in [0.29, 0.717) is 6.04 Å². The van der Waals surface area contributed by atoms with Crippen LogP contribution in [0.15, 0.2) is 0 Å². The first-order chi connectivity index (χ1) is 11.1. The number of carboxylic acids is 1. The van der Waals surface area contributed by atoms with Gasteiger partial charge in [0, 0.05) is 38.3 Å². The minimum atomic E-state index is -0.771. The second kappa shape index (κ2) is 7.47. The molecule has 3 saturated heterocycles. The van der Waals surface area contributed by atoms with Crippen LogP contribution in [0.25, 0.3) is 0 Å². The van der Waals surface area contributed by atoms with Crippen LogP contribution in [-0.2, 0) is 9.53 Å². The van der Waals surface area contributed by atoms with Crippen LogP contribution >= 0.6 is 0 Å². The van der Waals surface area contributed by atoms with Crippen LogP contribution in [0.1, 0.15) is 32.1 Å². The van der Waals surface area contributed by atoms with Gasteiger partial charge >= 0.3 is 5.97 Å². The van der Waals surface area contributed by atoms with Gasteiger partial charge in [-0.05, 0) is 57.2 Å². The lowest BCUT2D eigenvalue weighted by atomic mass is 9.64. The molecule has 3 rings (SSSR count). The average molecular weight is 326 g/mol. The standard InChI is InChI=1S/C17H30N2O4/c20-13-14-11-18(12-16(21)22)6-3-17(14)4-7-19(8-5-17)15-1-9-23-10-2-15/h14-15,20H,1-13H2,(H,21,22)/t14-/m0/s1. The van der Waals surface area contributed by atoms with Crippen LogP contribution in [0.5, 0.6) is 0 Å². The van der Waals surface area contributed by atoms with E-state index in [0.717, 1.165) is 71.5 Å². The summed E-state index contributed by atoms with van der Waals surface area (Å²) in [5.41, 5.74) is 0.214. The zero-order chi connectivity index (χ0) is 16.3. The fourth-order valence-electron chi connectivity index (χ4n) is 4.81. The molecule has 0 amide bonds. The first-order valence-corrected chi connectivity index (χ1v) is 9.00. The van der Waals surface area contributed by atoms with E-state index in [1.165, 1.54) is 0 Å². The number of likely N-dealkylation sites (tertiary alicyclic amines) is 2. The van der Waals surface area contributed by atoms with Crippen LogP contribution in [-0.4, -0.2) is 84.6 Å². The van der Waals surface area contributed by atoms with Gasteiger partial charge in [-0.1, -0.05) is 0 Å². The molecule has 6 nitrogen and oxygen atoms in total. The third kappa shape index (κ3) is 3.87. The van der Waals surface area contributed by atoms with E-state index >= 15 is 0 Å². The largest absolute Gasteiger partial charge is 0.480 e. The van der Waals surface area contributed by atoms with Crippen molar-refractivity contribution in [2.24, 2.45) is 11.3 Å². The molecular weight excluding hydrogens is 296 g/mol. The number of rotatable bonds is 4. The van der Waals surface area contributed by atoms with Crippen LogP contribution in [0.4, 0.5) is 0 Å². The van der Waals surface area contributed by atoms with Crippen molar-refractivity contribution < 1.29 is 19.7 Å². The predicted octanol–water partition coefficient (Wildman–Crippen LogP) is 0.646. The molecule has 6 heteroatoms. The number of hydrogen-bond acceptors (Lipinski definition) is 5. The second-order valence-corrected chi connectivity index (χ2v) is 7.50. The summed E-state index contributed by atoms with van der Waals surface area (Å²) in [4.78, 5) is 15.5. The molecule has 0 aliphatic carbocycles. The van der Waals surface area contributed by atoms with Gasteiger partial charge in [0.15, 0.2) is 0 Å². The van der Waals surface area contributed by atoms with Gasteiger partial charge in [-0.3, -0.25) is 9.69 Å². The smallest absolute Gasteiger partial charge is 0.317 e. The molecule has 3 aliphatic rings. The lowest BCUT2D eigenvalue weighted by Crippen LogP contribution is -2.55. The van der Waals surface area contributed by atoms with E-state index in [-0.39, 0.29) is 24.5 Å². The van der Waals surface area contributed by atoms with Gasteiger partial charge in [0.2, 0.25) is 0 Å². The lowest BCUT2D eigenvalue weighted by molar-refractivity contribution is -0.140. The first kappa shape index (κ1) is 17.1. The topological polar surface area (TPSA) is 73.2 Å². The number of piperidine rings is 2. The Kier molecular flexibility index (Phi) is 5.57. The lowest BCUT2D eigenvalue weighted by Gasteiger charge is -2.52. The Morgan fingerprint density at radius 1 is 1.13 bits per heavy atom. The Morgan fingerprint density at radius 3 is 2.39 bits per heavy atom. The zero-order valence-electron chi connectivity index (χ0n) is 14.0. The van der Waals surface area contributed by atoms with Crippen molar-refractivity contribution in [1.29, 1.82) is 0 Å². The van der Waals surface area contributed by atoms with Crippen LogP contribution in [0.3, 0.4) is 0 Å². The molecule has 0 aromatic heterocycles. The fraction of sp³-hybridized carbons (Fsp3) is 0.941. The van der Waals surface area contributed by atoms with Crippen molar-refractivity contribution in [2.45, 2.75) is 38.1 Å². The molecule has 0 saturated carbocycles. The number of hydrogen-bond donors (Lipinski definition) is 2. The molecule has 0 aromatic carbocycles. The van der Waals surface area contributed by atoms with Crippen LogP contribution < -0.4 is 0 Å². The Morgan fingerprint density at radius 2 is 1.78 bits per heavy atom. The molecule has 1 spiro atoms. The van der Waals surface area contributed by atoms with Crippen LogP contribution in [0, 0.1) is 11.3 Å². The molecule has 3 heterocycles. The summed E-state index contributed by atoms with van der Waals surface area (Å²) in [6.45, 7) is 5.83. The molecule has 23 heavy (non-hydrogen) atoms. The highest BCUT2D eigenvalue weighted by atomic mass is 16.5. The number of carboxylic acid groups (broad SMARTS) is 1. The van der Waals surface area contributed by atoms with E-state index < -0.39 is 5.97 Å². The number of aliphatic hydroxyl groups is 1. The quantitative estimate of drug-likeness (QED) is 0.790. The maximum Gasteiger partial charge on any atom is 0.317 e. The number of ether oxygens (including phenoxy) is 1. The van der Waals surface area contributed by atoms with Gasteiger partial charge < -0.3 is 19.8 Å². The van der Waals surface area contributed by atoms with Gasteiger partial charge in [0.1, 0.15) is 0 Å². The first-order valence-electron chi connectivity index (χ1n) is 9.00. The summed E-state index contributed by atoms with van der Waals surface area (Å²) in [5, 5.41) is 18.9. The summed E-state index contributed by atoms with van der Waals surface area (Å²) >= 11 is 0. The van der Waals surface area contributed by atoms with E-state index in [9.17, 15) is 9.90 Å². The summed E-state index contributed by atoms with van der Waals surface area (Å²) in [6.07, 6.45) is 5.58. The van der Waals surface area contributed by atoms with Crippen LogP contribution in [0.2, 0.25) is 0 Å². The zero-order valence-corrected chi connectivity index (χ0v) is 14.0. The highest BCUT2D eigenvalue weighted by Crippen LogP contribution is 2.45. The van der Waals surface area contributed by atoms with Crippen molar-refractivity contribution in [2.75, 3.05) is 52.5 Å². The molecule has 3 aliphatic heterocycles. The van der Waals surface area contributed by atoms with Crippen molar-refractivity contribution in [3.63, 3.8) is 0 Å². The van der Waals surface area contributed by atoms with Crippen molar-refractivity contribution in [3.05, 3.63) is 0 Å². The Balaban J connectivity index is 1.56. The highest BCUT2D eigenvalue weighted by Gasteiger charge is 2.45. The summed E-state index contributed by atoms with van der Waals surface area (Å²) in [6, 6.07) is 0.667. The number of nitrogens with zero attached hydrogens (tertiary/aromatic N) is 2. The maximum atomic E-state index is 10.9. The van der Waals surface area contributed by atoms with Gasteiger partial charge in [0.05, 0.1) is 6.54 Å². The van der Waals surface area contributed by atoms with E-state index in [4.69, 9.17) is 9.84 Å². The Bertz CT molecular complexity index is 403. The van der Waals surface area contributed by atoms with Crippen molar-refractivity contribution in [3.8, 4) is 0 Å². The molecule has 0 unspecified atom stereocenters. The fourth-order valence-corrected chi connectivity index (χ4v) is 4.81. The monoisotopic (exact) mass is 326 g/mol. The van der Waals surface area contributed by atoms with Gasteiger partial charge in [-0.25, -0.2) is 0 Å². The van der Waals surface area contributed by atoms with Crippen molar-refractivity contribution in [1.82, 2.24) is 9.80 Å². The molecule has 0 aromatic rings. The number of aliphatic hydroxyl groups excluding tert-OH is 1. The summed E-state index contributed by atoms with van der Waals surface area (Å²) < 4.78 is 5.47. The molecule has 2 N–H and O–H groups in total. The molecule has 132 valence electrons. The second-order valence-electron chi connectivity index (χ2n) is 7.50. The SMILES string of the molecule is O=C(O)CN1CCC2(CCN(C3CCOCC3)CC2)[C@H](CO)C1. The average Bonchev–Trinajstić information content (AvgIpc) is 2.58. The Hall–Kier alpha value is -0.690. The summed E-state index contributed by atoms with van der Waals surface area (Å²) in [5.74, 6) is -0.556. The number of aliphatic carboxylic acids is 1. The van der Waals surface area contributed by atoms with E-state index in [1.807, 2.05) is 4.90 Å². The molecule has 3 fully saturated rings. The van der Waals surface area contributed by atoms with Gasteiger partial charge in [-0.15, -0.1) is 0 Å². The number of carbonyl (C=O) groups is 1. The van der Waals surface area contributed by atoms with E-state index in [2.05, 4.69) is 4.90 Å². The minimum absolute atomic E-state index is 0.0980. The van der Waals surface area contributed by atoms with Crippen molar-refractivity contribution >= 4 is 5.97 Å². The minimum Gasteiger partial charge on any atom is -0.480 e. The maximum absolute atomic E-state index is 10.9. The van der Waals surface area contributed by atoms with Gasteiger partial charge in [0.25, 0.3) is 0 Å². The molecule has 1 atom stereocenters.